The van der Waals surface area contributed by atoms with E-state index in [-0.39, 0.29) is 0 Å². The highest BCUT2D eigenvalue weighted by molar-refractivity contribution is 14.1. The molecule has 4 rings (SSSR count). The van der Waals surface area contributed by atoms with Gasteiger partial charge < -0.3 is 0 Å². The van der Waals surface area contributed by atoms with Crippen LogP contribution >= 0.6 is 22.6 Å². The van der Waals surface area contributed by atoms with Gasteiger partial charge in [0.15, 0.2) is 0 Å². The molecule has 1 saturated carbocycles. The van der Waals surface area contributed by atoms with Gasteiger partial charge in [-0.15, -0.1) is 0 Å². The third kappa shape index (κ3) is 2.39. The molecule has 3 aliphatic rings. The van der Waals surface area contributed by atoms with E-state index in [2.05, 4.69) is 66.8 Å². The number of alkyl halides is 1. The number of rotatable bonds is 1. The summed E-state index contributed by atoms with van der Waals surface area (Å²) in [7, 11) is 0. The fourth-order valence-corrected chi connectivity index (χ4v) is 6.11. The molecule has 0 N–H and O–H groups in total. The molecule has 0 nitrogen and oxygen atoms in total. The van der Waals surface area contributed by atoms with Gasteiger partial charge in [0, 0.05) is 3.92 Å². The molecule has 0 radical (unpaired) electrons. The lowest BCUT2D eigenvalue weighted by Crippen LogP contribution is -2.30. The third-order valence-corrected chi connectivity index (χ3v) is 7.98. The quantitative estimate of drug-likeness (QED) is 0.288. The monoisotopic (exact) mass is 406 g/mol. The van der Waals surface area contributed by atoms with Gasteiger partial charge in [-0.1, -0.05) is 72.4 Å². The summed E-state index contributed by atoms with van der Waals surface area (Å²) >= 11 is 2.65. The van der Waals surface area contributed by atoms with E-state index >= 15 is 0 Å². The van der Waals surface area contributed by atoms with Gasteiger partial charge in [0.25, 0.3) is 0 Å². The van der Waals surface area contributed by atoms with Gasteiger partial charge in [0.2, 0.25) is 0 Å². The molecule has 0 aromatic heterocycles. The predicted octanol–water partition coefficient (Wildman–Crippen LogP) is 6.39. The van der Waals surface area contributed by atoms with Gasteiger partial charge in [-0.05, 0) is 72.8 Å². The lowest BCUT2D eigenvalue weighted by molar-refractivity contribution is 0.270. The van der Waals surface area contributed by atoms with Crippen LogP contribution in [-0.2, 0) is 5.41 Å². The molecule has 1 heteroatoms. The summed E-state index contributed by atoms with van der Waals surface area (Å²) in [5, 5.41) is 0. The van der Waals surface area contributed by atoms with Crippen LogP contribution in [0.3, 0.4) is 0 Å². The fraction of sp³-hybridized carbons (Fsp3) is 0.619. The number of benzene rings is 1. The minimum atomic E-state index is 0.348. The number of halogens is 1. The van der Waals surface area contributed by atoms with E-state index < -0.39 is 0 Å². The van der Waals surface area contributed by atoms with Crippen LogP contribution in [0.2, 0.25) is 0 Å². The van der Waals surface area contributed by atoms with E-state index in [4.69, 9.17) is 0 Å². The average Bonchev–Trinajstić information content (AvgIpc) is 2.77. The second kappa shape index (κ2) is 5.65. The molecular formula is C21H27I. The first kappa shape index (κ1) is 15.2. The predicted molar refractivity (Wildman–Crippen MR) is 103 cm³/mol. The van der Waals surface area contributed by atoms with Crippen LogP contribution < -0.4 is 0 Å². The van der Waals surface area contributed by atoms with E-state index in [1.807, 2.05) is 5.57 Å². The molecular weight excluding hydrogens is 379 g/mol. The second-order valence-corrected chi connectivity index (χ2v) is 9.95. The van der Waals surface area contributed by atoms with Crippen molar-refractivity contribution in [3.63, 3.8) is 0 Å². The first-order valence-electron chi connectivity index (χ1n) is 8.99. The minimum absolute atomic E-state index is 0.348. The topological polar surface area (TPSA) is 0 Å². The lowest BCUT2D eigenvalue weighted by atomic mass is 9.67. The Morgan fingerprint density at radius 2 is 1.77 bits per heavy atom. The Morgan fingerprint density at radius 3 is 2.55 bits per heavy atom. The maximum atomic E-state index is 2.65. The van der Waals surface area contributed by atoms with Crippen molar-refractivity contribution in [2.24, 2.45) is 11.8 Å². The maximum Gasteiger partial charge on any atom is 0.0110 e. The van der Waals surface area contributed by atoms with Gasteiger partial charge >= 0.3 is 0 Å². The molecule has 2 unspecified atom stereocenters. The van der Waals surface area contributed by atoms with Crippen molar-refractivity contribution in [3.05, 3.63) is 47.0 Å². The van der Waals surface area contributed by atoms with Crippen LogP contribution in [0, 0.1) is 11.8 Å². The van der Waals surface area contributed by atoms with Gasteiger partial charge in [-0.3, -0.25) is 0 Å². The van der Waals surface area contributed by atoms with Crippen LogP contribution in [0.25, 0.3) is 0 Å². The standard InChI is InChI=1S/C21H27I/c1-21(2)19-6-4-3-5-17(19)18-12-9-15(13-20(18)21)14-7-10-16(22)11-8-14/h3-6,9,14,16,18,20H,7-8,10-13H2,1-2H3. The first-order chi connectivity index (χ1) is 10.6. The Hall–Kier alpha value is -0.310. The number of fused-ring (bicyclic) bond motifs is 3. The molecule has 1 aromatic rings. The van der Waals surface area contributed by atoms with Crippen molar-refractivity contribution in [3.8, 4) is 0 Å². The summed E-state index contributed by atoms with van der Waals surface area (Å²) in [4.78, 5) is 0. The molecule has 0 saturated heterocycles. The van der Waals surface area contributed by atoms with Crippen molar-refractivity contribution in [1.29, 1.82) is 0 Å². The largest absolute Gasteiger partial charge is 0.0844 e. The Bertz CT molecular complexity index is 590. The van der Waals surface area contributed by atoms with E-state index in [9.17, 15) is 0 Å². The number of hydrogen-bond acceptors (Lipinski definition) is 0. The zero-order chi connectivity index (χ0) is 15.3. The molecule has 1 aromatic carbocycles. The number of allylic oxidation sites excluding steroid dienone is 2. The molecule has 0 bridgehead atoms. The summed E-state index contributed by atoms with van der Waals surface area (Å²) in [6, 6.07) is 9.24. The Labute approximate surface area is 148 Å². The maximum absolute atomic E-state index is 2.65. The highest BCUT2D eigenvalue weighted by atomic mass is 127. The molecule has 2 atom stereocenters. The van der Waals surface area contributed by atoms with Crippen LogP contribution in [-0.4, -0.2) is 3.92 Å². The fourth-order valence-electron chi connectivity index (χ4n) is 5.39. The number of hydrogen-bond donors (Lipinski definition) is 0. The van der Waals surface area contributed by atoms with Crippen molar-refractivity contribution in [2.75, 3.05) is 0 Å². The van der Waals surface area contributed by atoms with Crippen LogP contribution in [0.5, 0.6) is 0 Å². The van der Waals surface area contributed by atoms with Gasteiger partial charge in [-0.25, -0.2) is 0 Å². The third-order valence-electron chi connectivity index (χ3n) is 6.74. The van der Waals surface area contributed by atoms with Crippen molar-refractivity contribution >= 4 is 22.6 Å². The molecule has 0 amide bonds. The smallest absolute Gasteiger partial charge is 0.0110 e. The van der Waals surface area contributed by atoms with E-state index in [0.29, 0.717) is 5.41 Å². The summed E-state index contributed by atoms with van der Waals surface area (Å²) in [6.45, 7) is 4.97. The first-order valence-corrected chi connectivity index (χ1v) is 10.2. The van der Waals surface area contributed by atoms with Crippen molar-refractivity contribution < 1.29 is 0 Å². The SMILES string of the molecule is CC1(C)c2ccccc2C2CC=C(C3CCC(I)CC3)CC21. The lowest BCUT2D eigenvalue weighted by Gasteiger charge is -2.38. The Morgan fingerprint density at radius 1 is 1.05 bits per heavy atom. The van der Waals surface area contributed by atoms with E-state index in [1.165, 1.54) is 38.5 Å². The van der Waals surface area contributed by atoms with Crippen LogP contribution in [0.4, 0.5) is 0 Å². The summed E-state index contributed by atoms with van der Waals surface area (Å²) in [5.41, 5.74) is 5.42. The Kier molecular flexibility index (Phi) is 3.91. The normalized spacial score (nSPS) is 36.4. The average molecular weight is 406 g/mol. The van der Waals surface area contributed by atoms with Gasteiger partial charge in [0.1, 0.15) is 0 Å². The highest BCUT2D eigenvalue weighted by Gasteiger charge is 2.47. The van der Waals surface area contributed by atoms with Crippen LogP contribution in [0.15, 0.2) is 35.9 Å². The summed E-state index contributed by atoms with van der Waals surface area (Å²) in [6.07, 6.45) is 11.0. The molecule has 0 spiro atoms. The van der Waals surface area contributed by atoms with Crippen molar-refractivity contribution in [1.82, 2.24) is 0 Å². The summed E-state index contributed by atoms with van der Waals surface area (Å²) in [5.74, 6) is 2.49. The van der Waals surface area contributed by atoms with Crippen LogP contribution in [0.1, 0.15) is 69.4 Å². The molecule has 0 aliphatic heterocycles. The minimum Gasteiger partial charge on any atom is -0.0844 e. The zero-order valence-electron chi connectivity index (χ0n) is 13.8. The summed E-state index contributed by atoms with van der Waals surface area (Å²) < 4.78 is 0.929. The molecule has 118 valence electrons. The highest BCUT2D eigenvalue weighted by Crippen LogP contribution is 2.57. The zero-order valence-corrected chi connectivity index (χ0v) is 16.0. The second-order valence-electron chi connectivity index (χ2n) is 8.19. The Balaban J connectivity index is 1.60. The van der Waals surface area contributed by atoms with Crippen molar-refractivity contribution in [2.45, 2.75) is 67.6 Å². The van der Waals surface area contributed by atoms with Gasteiger partial charge in [0.05, 0.1) is 0 Å². The van der Waals surface area contributed by atoms with E-state index in [0.717, 1.165) is 21.7 Å². The molecule has 0 heterocycles. The molecule has 22 heavy (non-hydrogen) atoms. The molecule has 1 fully saturated rings. The van der Waals surface area contributed by atoms with E-state index in [1.54, 1.807) is 11.1 Å². The molecule has 3 aliphatic carbocycles. The van der Waals surface area contributed by atoms with Gasteiger partial charge in [-0.2, -0.15) is 0 Å².